The van der Waals surface area contributed by atoms with Gasteiger partial charge in [0, 0.05) is 4.88 Å². The van der Waals surface area contributed by atoms with Crippen LogP contribution < -0.4 is 0 Å². The number of carbonyl (C=O) groups is 1. The topological polar surface area (TPSA) is 17.1 Å². The zero-order valence-corrected chi connectivity index (χ0v) is 10.7. The molecule has 0 radical (unpaired) electrons. The third-order valence-electron chi connectivity index (χ3n) is 3.04. The number of thiophene rings is 2. The van der Waals surface area contributed by atoms with Gasteiger partial charge in [-0.3, -0.25) is 4.79 Å². The molecule has 3 heteroatoms. The second kappa shape index (κ2) is 3.82. The molecule has 2 aromatic rings. The van der Waals surface area contributed by atoms with Crippen LogP contribution in [0.3, 0.4) is 0 Å². The smallest absolute Gasteiger partial charge is 0.213 e. The largest absolute Gasteiger partial charge is 0.287 e. The van der Waals surface area contributed by atoms with Gasteiger partial charge in [0.2, 0.25) is 5.78 Å². The van der Waals surface area contributed by atoms with Crippen molar-refractivity contribution >= 4 is 28.5 Å². The Kier molecular flexibility index (Phi) is 2.45. The lowest BCUT2D eigenvalue weighted by molar-refractivity contribution is 0.104. The fourth-order valence-corrected chi connectivity index (χ4v) is 4.30. The number of aryl methyl sites for hydroxylation is 3. The van der Waals surface area contributed by atoms with Gasteiger partial charge in [0.15, 0.2) is 0 Å². The molecular formula is C13H12OS2. The average Bonchev–Trinajstić information content (AvgIpc) is 2.89. The van der Waals surface area contributed by atoms with Crippen molar-refractivity contribution in [2.75, 3.05) is 0 Å². The molecule has 1 nitrogen and oxygen atoms in total. The van der Waals surface area contributed by atoms with Crippen LogP contribution in [-0.2, 0) is 12.8 Å². The summed E-state index contributed by atoms with van der Waals surface area (Å²) < 4.78 is 0. The molecule has 1 aliphatic rings. The van der Waals surface area contributed by atoms with Crippen molar-refractivity contribution in [3.05, 3.63) is 43.3 Å². The molecule has 82 valence electrons. The molecule has 0 saturated carbocycles. The zero-order valence-electron chi connectivity index (χ0n) is 9.08. The number of hydrogen-bond donors (Lipinski definition) is 0. The highest BCUT2D eigenvalue weighted by Gasteiger charge is 2.20. The minimum absolute atomic E-state index is 0.215. The lowest BCUT2D eigenvalue weighted by Crippen LogP contribution is -1.97. The van der Waals surface area contributed by atoms with E-state index >= 15 is 0 Å². The van der Waals surface area contributed by atoms with Crippen molar-refractivity contribution in [1.29, 1.82) is 0 Å². The van der Waals surface area contributed by atoms with Crippen LogP contribution in [-0.4, -0.2) is 5.78 Å². The summed E-state index contributed by atoms with van der Waals surface area (Å²) in [6.45, 7) is 2.00. The summed E-state index contributed by atoms with van der Waals surface area (Å²) in [5, 5.41) is 1.99. The Morgan fingerprint density at radius 3 is 2.94 bits per heavy atom. The first-order chi connectivity index (χ1) is 7.75. The van der Waals surface area contributed by atoms with E-state index in [1.165, 1.54) is 16.9 Å². The van der Waals surface area contributed by atoms with E-state index in [-0.39, 0.29) is 5.78 Å². The molecule has 0 bridgehead atoms. The van der Waals surface area contributed by atoms with Crippen LogP contribution >= 0.6 is 22.7 Å². The molecule has 0 saturated heterocycles. The number of fused-ring (bicyclic) bond motifs is 1. The van der Waals surface area contributed by atoms with Crippen LogP contribution in [0.5, 0.6) is 0 Å². The summed E-state index contributed by atoms with van der Waals surface area (Å²) in [6, 6.07) is 4.12. The van der Waals surface area contributed by atoms with E-state index in [9.17, 15) is 4.79 Å². The standard InChI is InChI=1S/C13H12OS2/c1-8-5-6-15-13(8)12(14)11-7-9-3-2-4-10(9)16-11/h5-7H,2-4H2,1H3. The second-order valence-electron chi connectivity index (χ2n) is 4.17. The lowest BCUT2D eigenvalue weighted by Gasteiger charge is -1.95. The Morgan fingerprint density at radius 1 is 1.38 bits per heavy atom. The Bertz CT molecular complexity index is 527. The maximum Gasteiger partial charge on any atom is 0.213 e. The third kappa shape index (κ3) is 1.55. The minimum Gasteiger partial charge on any atom is -0.287 e. The van der Waals surface area contributed by atoms with E-state index in [0.717, 1.165) is 28.2 Å². The molecule has 2 heterocycles. The quantitative estimate of drug-likeness (QED) is 0.738. The first-order valence-corrected chi connectivity index (χ1v) is 7.15. The van der Waals surface area contributed by atoms with Crippen LogP contribution in [0.15, 0.2) is 17.5 Å². The van der Waals surface area contributed by atoms with Gasteiger partial charge in [-0.25, -0.2) is 0 Å². The summed E-state index contributed by atoms with van der Waals surface area (Å²) >= 11 is 3.24. The minimum atomic E-state index is 0.215. The summed E-state index contributed by atoms with van der Waals surface area (Å²) in [5.41, 5.74) is 2.51. The molecule has 0 amide bonds. The molecule has 3 rings (SSSR count). The van der Waals surface area contributed by atoms with Crippen LogP contribution in [0.1, 0.15) is 37.0 Å². The average molecular weight is 248 g/mol. The maximum absolute atomic E-state index is 12.3. The van der Waals surface area contributed by atoms with Crippen LogP contribution in [0, 0.1) is 6.92 Å². The Hall–Kier alpha value is -0.930. The third-order valence-corrected chi connectivity index (χ3v) is 5.29. The van der Waals surface area contributed by atoms with Gasteiger partial charge in [0.05, 0.1) is 9.75 Å². The van der Waals surface area contributed by atoms with Gasteiger partial charge in [0.1, 0.15) is 0 Å². The van der Waals surface area contributed by atoms with Crippen LogP contribution in [0.2, 0.25) is 0 Å². The fraction of sp³-hybridized carbons (Fsp3) is 0.308. The highest BCUT2D eigenvalue weighted by atomic mass is 32.1. The van der Waals surface area contributed by atoms with Crippen molar-refractivity contribution in [2.45, 2.75) is 26.2 Å². The Morgan fingerprint density at radius 2 is 2.25 bits per heavy atom. The number of hydrogen-bond acceptors (Lipinski definition) is 3. The van der Waals surface area contributed by atoms with Crippen molar-refractivity contribution in [2.24, 2.45) is 0 Å². The van der Waals surface area contributed by atoms with Crippen molar-refractivity contribution < 1.29 is 4.79 Å². The molecule has 0 aromatic carbocycles. The molecule has 0 atom stereocenters. The number of ketones is 1. The molecule has 0 aliphatic heterocycles. The van der Waals surface area contributed by atoms with E-state index in [0.29, 0.717) is 0 Å². The molecule has 1 aliphatic carbocycles. The lowest BCUT2D eigenvalue weighted by atomic mass is 10.1. The van der Waals surface area contributed by atoms with Gasteiger partial charge in [-0.05, 0) is 54.8 Å². The second-order valence-corrected chi connectivity index (χ2v) is 6.23. The van der Waals surface area contributed by atoms with Crippen molar-refractivity contribution in [3.63, 3.8) is 0 Å². The van der Waals surface area contributed by atoms with Crippen LogP contribution in [0.25, 0.3) is 0 Å². The highest BCUT2D eigenvalue weighted by molar-refractivity contribution is 7.17. The van der Waals surface area contributed by atoms with Crippen molar-refractivity contribution in [3.8, 4) is 0 Å². The maximum atomic E-state index is 12.3. The first-order valence-electron chi connectivity index (χ1n) is 5.46. The predicted octanol–water partition coefficient (Wildman–Crippen LogP) is 3.84. The summed E-state index contributed by atoms with van der Waals surface area (Å²) in [7, 11) is 0. The Labute approximate surface area is 103 Å². The van der Waals surface area contributed by atoms with Crippen LogP contribution in [0.4, 0.5) is 0 Å². The van der Waals surface area contributed by atoms with Gasteiger partial charge in [-0.1, -0.05) is 0 Å². The summed E-state index contributed by atoms with van der Waals surface area (Å²) in [6.07, 6.45) is 3.58. The molecule has 0 fully saturated rings. The molecule has 0 unspecified atom stereocenters. The SMILES string of the molecule is Cc1ccsc1C(=O)c1cc2c(s1)CCC2. The molecule has 16 heavy (non-hydrogen) atoms. The van der Waals surface area contributed by atoms with Gasteiger partial charge in [-0.15, -0.1) is 22.7 Å². The molecule has 0 N–H and O–H groups in total. The van der Waals surface area contributed by atoms with E-state index in [1.807, 2.05) is 18.4 Å². The zero-order chi connectivity index (χ0) is 11.1. The predicted molar refractivity (Wildman–Crippen MR) is 68.8 cm³/mol. The monoisotopic (exact) mass is 248 g/mol. The summed E-state index contributed by atoms with van der Waals surface area (Å²) in [5.74, 6) is 0.215. The molecule has 2 aromatic heterocycles. The van der Waals surface area contributed by atoms with Crippen molar-refractivity contribution in [1.82, 2.24) is 0 Å². The van der Waals surface area contributed by atoms with Gasteiger partial charge in [0.25, 0.3) is 0 Å². The van der Waals surface area contributed by atoms with E-state index < -0.39 is 0 Å². The molecular weight excluding hydrogens is 236 g/mol. The summed E-state index contributed by atoms with van der Waals surface area (Å²) in [4.78, 5) is 15.5. The number of rotatable bonds is 2. The normalized spacial score (nSPS) is 14.1. The Balaban J connectivity index is 1.98. The van der Waals surface area contributed by atoms with E-state index in [1.54, 1.807) is 22.7 Å². The van der Waals surface area contributed by atoms with Gasteiger partial charge >= 0.3 is 0 Å². The first kappa shape index (κ1) is 10.2. The number of carbonyl (C=O) groups excluding carboxylic acids is 1. The molecule has 0 spiro atoms. The van der Waals surface area contributed by atoms with E-state index in [4.69, 9.17) is 0 Å². The van der Waals surface area contributed by atoms with Gasteiger partial charge < -0.3 is 0 Å². The van der Waals surface area contributed by atoms with Gasteiger partial charge in [-0.2, -0.15) is 0 Å². The fourth-order valence-electron chi connectivity index (χ4n) is 2.16. The van der Waals surface area contributed by atoms with E-state index in [2.05, 4.69) is 6.07 Å². The highest BCUT2D eigenvalue weighted by Crippen LogP contribution is 2.32.